The first-order valence-corrected chi connectivity index (χ1v) is 7.55. The van der Waals surface area contributed by atoms with Crippen LogP contribution < -0.4 is 5.56 Å². The minimum absolute atomic E-state index is 0.0718. The molecule has 114 valence electrons. The van der Waals surface area contributed by atoms with Crippen LogP contribution in [-0.2, 0) is 0 Å². The molecule has 1 aliphatic carbocycles. The summed E-state index contributed by atoms with van der Waals surface area (Å²) in [5.74, 6) is -0.0718. The topological polar surface area (TPSA) is 55.2 Å². The fourth-order valence-electron chi connectivity index (χ4n) is 2.20. The van der Waals surface area contributed by atoms with Gasteiger partial charge in [-0.1, -0.05) is 29.3 Å². The molecule has 5 nitrogen and oxygen atoms in total. The number of aromatic nitrogens is 2. The molecule has 0 radical (unpaired) electrons. The second-order valence-corrected chi connectivity index (χ2v) is 6.01. The third kappa shape index (κ3) is 2.74. The monoisotopic (exact) mass is 337 g/mol. The van der Waals surface area contributed by atoms with Gasteiger partial charge in [0, 0.05) is 18.7 Å². The number of hydrogen-bond acceptors (Lipinski definition) is 3. The predicted molar refractivity (Wildman–Crippen MR) is 85.0 cm³/mol. The molecule has 1 heterocycles. The Kier molecular flexibility index (Phi) is 3.93. The van der Waals surface area contributed by atoms with Gasteiger partial charge in [-0.3, -0.25) is 9.59 Å². The molecule has 0 aliphatic heterocycles. The van der Waals surface area contributed by atoms with Crippen LogP contribution in [-0.4, -0.2) is 33.7 Å². The van der Waals surface area contributed by atoms with Gasteiger partial charge in [-0.05, 0) is 31.0 Å². The van der Waals surface area contributed by atoms with Gasteiger partial charge >= 0.3 is 0 Å². The molecule has 1 aromatic heterocycles. The molecule has 0 saturated heterocycles. The van der Waals surface area contributed by atoms with Gasteiger partial charge in [0.1, 0.15) is 5.02 Å². The van der Waals surface area contributed by atoms with Crippen molar-refractivity contribution < 1.29 is 4.79 Å². The first-order valence-electron chi connectivity index (χ1n) is 6.80. The Hall–Kier alpha value is -1.85. The van der Waals surface area contributed by atoms with Gasteiger partial charge in [0.05, 0.1) is 16.9 Å². The minimum atomic E-state index is -0.519. The van der Waals surface area contributed by atoms with Gasteiger partial charge in [-0.15, -0.1) is 0 Å². The molecule has 0 atom stereocenters. The number of halogens is 2. The standard InChI is InChI=1S/C15H13Cl2N3O2/c1-19(10-5-6-10)14(21)9-3-2-4-11(7-9)20-15(22)13(17)12(16)8-18-20/h2-4,7-8,10H,5-6H2,1H3. The van der Waals surface area contributed by atoms with Gasteiger partial charge < -0.3 is 4.90 Å². The molecule has 0 bridgehead atoms. The molecule has 1 aliphatic rings. The van der Waals surface area contributed by atoms with Gasteiger partial charge in [0.15, 0.2) is 0 Å². The average molecular weight is 338 g/mol. The van der Waals surface area contributed by atoms with E-state index in [0.29, 0.717) is 17.3 Å². The second kappa shape index (κ2) is 5.74. The van der Waals surface area contributed by atoms with Gasteiger partial charge in [-0.2, -0.15) is 9.78 Å². The molecule has 22 heavy (non-hydrogen) atoms. The quantitative estimate of drug-likeness (QED) is 0.865. The fraction of sp³-hybridized carbons (Fsp3) is 0.267. The maximum atomic E-state index is 12.4. The minimum Gasteiger partial charge on any atom is -0.339 e. The largest absolute Gasteiger partial charge is 0.339 e. The smallest absolute Gasteiger partial charge is 0.291 e. The third-order valence-corrected chi connectivity index (χ3v) is 4.38. The molecular formula is C15H13Cl2N3O2. The molecule has 1 aromatic carbocycles. The van der Waals surface area contributed by atoms with Crippen molar-refractivity contribution in [2.45, 2.75) is 18.9 Å². The Labute approximate surface area is 137 Å². The molecular weight excluding hydrogens is 325 g/mol. The Bertz CT molecular complexity index is 800. The molecule has 1 amide bonds. The zero-order chi connectivity index (χ0) is 15.9. The summed E-state index contributed by atoms with van der Waals surface area (Å²) >= 11 is 11.6. The fourth-order valence-corrected chi connectivity index (χ4v) is 2.45. The van der Waals surface area contributed by atoms with Crippen LogP contribution in [0.3, 0.4) is 0 Å². The van der Waals surface area contributed by atoms with Crippen LogP contribution >= 0.6 is 23.2 Å². The van der Waals surface area contributed by atoms with Crippen LogP contribution in [0.5, 0.6) is 0 Å². The van der Waals surface area contributed by atoms with Gasteiger partial charge in [0.25, 0.3) is 11.5 Å². The van der Waals surface area contributed by atoms with Gasteiger partial charge in [0.2, 0.25) is 0 Å². The highest BCUT2D eigenvalue weighted by Gasteiger charge is 2.30. The normalized spacial score (nSPS) is 14.0. The summed E-state index contributed by atoms with van der Waals surface area (Å²) in [5, 5.41) is 3.97. The highest BCUT2D eigenvalue weighted by molar-refractivity contribution is 6.41. The van der Waals surface area contributed by atoms with Crippen LogP contribution in [0.4, 0.5) is 0 Å². The Balaban J connectivity index is 1.99. The van der Waals surface area contributed by atoms with Crippen molar-refractivity contribution >= 4 is 29.1 Å². The van der Waals surface area contributed by atoms with Crippen molar-refractivity contribution in [3.8, 4) is 5.69 Å². The molecule has 1 fully saturated rings. The summed E-state index contributed by atoms with van der Waals surface area (Å²) in [7, 11) is 1.79. The number of amides is 1. The van der Waals surface area contributed by atoms with E-state index in [1.165, 1.54) is 6.20 Å². The SMILES string of the molecule is CN(C(=O)c1cccc(-n2ncc(Cl)c(Cl)c2=O)c1)C1CC1. The lowest BCUT2D eigenvalue weighted by molar-refractivity contribution is 0.0785. The number of nitrogens with zero attached hydrogens (tertiary/aromatic N) is 3. The highest BCUT2D eigenvalue weighted by Crippen LogP contribution is 2.27. The molecule has 7 heteroatoms. The molecule has 2 aromatic rings. The first-order chi connectivity index (χ1) is 10.5. The van der Waals surface area contributed by atoms with E-state index in [9.17, 15) is 9.59 Å². The van der Waals surface area contributed by atoms with Crippen molar-refractivity contribution in [2.75, 3.05) is 7.05 Å². The lowest BCUT2D eigenvalue weighted by Crippen LogP contribution is -2.29. The summed E-state index contributed by atoms with van der Waals surface area (Å²) in [6.07, 6.45) is 3.38. The number of benzene rings is 1. The van der Waals surface area contributed by atoms with Crippen molar-refractivity contribution in [1.29, 1.82) is 0 Å². The Morgan fingerprint density at radius 2 is 2.09 bits per heavy atom. The summed E-state index contributed by atoms with van der Waals surface area (Å²) in [4.78, 5) is 26.2. The van der Waals surface area contributed by atoms with E-state index in [1.54, 1.807) is 36.2 Å². The second-order valence-electron chi connectivity index (χ2n) is 5.22. The van der Waals surface area contributed by atoms with E-state index >= 15 is 0 Å². The lowest BCUT2D eigenvalue weighted by Gasteiger charge is -2.16. The maximum Gasteiger partial charge on any atom is 0.291 e. The predicted octanol–water partition coefficient (Wildman–Crippen LogP) is 2.77. The molecule has 3 rings (SSSR count). The Morgan fingerprint density at radius 3 is 2.77 bits per heavy atom. The van der Waals surface area contributed by atoms with Crippen molar-refractivity contribution in [3.05, 3.63) is 56.4 Å². The molecule has 0 N–H and O–H groups in total. The summed E-state index contributed by atoms with van der Waals surface area (Å²) in [6, 6.07) is 7.06. The van der Waals surface area contributed by atoms with Crippen LogP contribution in [0.25, 0.3) is 5.69 Å². The zero-order valence-electron chi connectivity index (χ0n) is 11.8. The number of rotatable bonds is 3. The van der Waals surface area contributed by atoms with E-state index in [4.69, 9.17) is 23.2 Å². The van der Waals surface area contributed by atoms with Crippen LogP contribution in [0.1, 0.15) is 23.2 Å². The number of hydrogen-bond donors (Lipinski definition) is 0. The van der Waals surface area contributed by atoms with Gasteiger partial charge in [-0.25, -0.2) is 0 Å². The first kappa shape index (κ1) is 15.1. The lowest BCUT2D eigenvalue weighted by atomic mass is 10.1. The Morgan fingerprint density at radius 1 is 1.36 bits per heavy atom. The average Bonchev–Trinajstić information content (AvgIpc) is 3.36. The zero-order valence-corrected chi connectivity index (χ0v) is 13.3. The summed E-state index contributed by atoms with van der Waals surface area (Å²) in [5.41, 5.74) is 0.458. The summed E-state index contributed by atoms with van der Waals surface area (Å²) < 4.78 is 1.13. The van der Waals surface area contributed by atoms with E-state index < -0.39 is 5.56 Å². The van der Waals surface area contributed by atoms with E-state index in [2.05, 4.69) is 5.10 Å². The van der Waals surface area contributed by atoms with Crippen molar-refractivity contribution in [2.24, 2.45) is 0 Å². The van der Waals surface area contributed by atoms with Crippen molar-refractivity contribution in [3.63, 3.8) is 0 Å². The third-order valence-electron chi connectivity index (χ3n) is 3.63. The molecule has 0 unspecified atom stereocenters. The number of carbonyl (C=O) groups is 1. The van der Waals surface area contributed by atoms with E-state index in [1.807, 2.05) is 0 Å². The van der Waals surface area contributed by atoms with E-state index in [-0.39, 0.29) is 16.0 Å². The molecule has 1 saturated carbocycles. The maximum absolute atomic E-state index is 12.4. The van der Waals surface area contributed by atoms with Crippen LogP contribution in [0.2, 0.25) is 10.0 Å². The van der Waals surface area contributed by atoms with Crippen LogP contribution in [0, 0.1) is 0 Å². The van der Waals surface area contributed by atoms with Crippen LogP contribution in [0.15, 0.2) is 35.3 Å². The molecule has 0 spiro atoms. The number of carbonyl (C=O) groups excluding carboxylic acids is 1. The van der Waals surface area contributed by atoms with Crippen molar-refractivity contribution in [1.82, 2.24) is 14.7 Å². The van der Waals surface area contributed by atoms with E-state index in [0.717, 1.165) is 17.5 Å². The summed E-state index contributed by atoms with van der Waals surface area (Å²) in [6.45, 7) is 0. The highest BCUT2D eigenvalue weighted by atomic mass is 35.5.